The second-order valence-corrected chi connectivity index (χ2v) is 5.15. The molecule has 1 N–H and O–H groups in total. The molecule has 0 saturated carbocycles. The summed E-state index contributed by atoms with van der Waals surface area (Å²) in [5.74, 6) is -0.453. The van der Waals surface area contributed by atoms with E-state index in [1.54, 1.807) is 19.1 Å². The second-order valence-electron chi connectivity index (χ2n) is 4.15. The third kappa shape index (κ3) is 3.64. The first-order valence-electron chi connectivity index (χ1n) is 6.10. The quantitative estimate of drug-likeness (QED) is 0.393. The number of hydrazone groups is 1. The van der Waals surface area contributed by atoms with Crippen molar-refractivity contribution in [3.8, 4) is 0 Å². The number of hydrogen-bond donors (Lipinski definition) is 1. The monoisotopic (exact) mass is 320 g/mol. The van der Waals surface area contributed by atoms with Crippen LogP contribution in [0.4, 0.5) is 10.8 Å². The molecular formula is C13H12N4O4S. The highest BCUT2D eigenvalue weighted by molar-refractivity contribution is 7.17. The summed E-state index contributed by atoms with van der Waals surface area (Å²) in [5.41, 5.74) is 3.79. The summed E-state index contributed by atoms with van der Waals surface area (Å²) >= 11 is 1.12. The Hall–Kier alpha value is -2.81. The van der Waals surface area contributed by atoms with Crippen LogP contribution in [0.3, 0.4) is 0 Å². The van der Waals surface area contributed by atoms with Gasteiger partial charge < -0.3 is 4.74 Å². The molecule has 0 aliphatic rings. The Labute approximate surface area is 129 Å². The fourth-order valence-electron chi connectivity index (χ4n) is 1.61. The number of thiazole rings is 1. The molecule has 0 radical (unpaired) electrons. The number of benzene rings is 1. The predicted octanol–water partition coefficient (Wildman–Crippen LogP) is 2.59. The highest BCUT2D eigenvalue weighted by Gasteiger charge is 2.15. The first kappa shape index (κ1) is 15.6. The van der Waals surface area contributed by atoms with Crippen molar-refractivity contribution >= 4 is 34.3 Å². The van der Waals surface area contributed by atoms with Gasteiger partial charge in [-0.25, -0.2) is 9.78 Å². The van der Waals surface area contributed by atoms with E-state index in [9.17, 15) is 14.9 Å². The number of carbonyl (C=O) groups excluding carboxylic acids is 1. The number of nitro benzene ring substituents is 1. The van der Waals surface area contributed by atoms with Gasteiger partial charge in [-0.15, -0.1) is 0 Å². The molecular weight excluding hydrogens is 308 g/mol. The Morgan fingerprint density at radius 2 is 2.32 bits per heavy atom. The van der Waals surface area contributed by atoms with Crippen molar-refractivity contribution in [3.63, 3.8) is 0 Å². The number of aromatic nitrogens is 1. The summed E-state index contributed by atoms with van der Waals surface area (Å²) < 4.78 is 4.64. The molecule has 0 unspecified atom stereocenters. The highest BCUT2D eigenvalue weighted by atomic mass is 32.1. The maximum absolute atomic E-state index is 11.5. The molecule has 2 aromatic rings. The van der Waals surface area contributed by atoms with Gasteiger partial charge in [-0.1, -0.05) is 23.5 Å². The zero-order valence-corrected chi connectivity index (χ0v) is 12.6. The average molecular weight is 320 g/mol. The van der Waals surface area contributed by atoms with Crippen LogP contribution in [0, 0.1) is 17.0 Å². The van der Waals surface area contributed by atoms with Gasteiger partial charge in [0.25, 0.3) is 5.69 Å². The molecule has 0 fully saturated rings. The number of aryl methyl sites for hydroxylation is 1. The summed E-state index contributed by atoms with van der Waals surface area (Å²) in [6.07, 6.45) is 1.43. The van der Waals surface area contributed by atoms with E-state index in [2.05, 4.69) is 20.2 Å². The molecule has 0 bridgehead atoms. The lowest BCUT2D eigenvalue weighted by Crippen LogP contribution is -1.99. The summed E-state index contributed by atoms with van der Waals surface area (Å²) in [4.78, 5) is 26.2. The standard InChI is InChI=1S/C13H12N4O4S/c1-8-11(12(18)21-2)22-13(15-8)16-14-7-9-4-3-5-10(6-9)17(19)20/h3-7H,1-2H3,(H,15,16)/b14-7-. The van der Waals surface area contributed by atoms with E-state index >= 15 is 0 Å². The number of carbonyl (C=O) groups is 1. The maximum atomic E-state index is 11.5. The van der Waals surface area contributed by atoms with Crippen molar-refractivity contribution in [1.29, 1.82) is 0 Å². The molecule has 0 saturated heterocycles. The zero-order valence-electron chi connectivity index (χ0n) is 11.8. The number of non-ortho nitro benzene ring substituents is 1. The first-order chi connectivity index (χ1) is 10.5. The summed E-state index contributed by atoms with van der Waals surface area (Å²) in [5, 5.41) is 15.1. The zero-order chi connectivity index (χ0) is 16.1. The minimum absolute atomic E-state index is 0.0120. The largest absolute Gasteiger partial charge is 0.465 e. The SMILES string of the molecule is COC(=O)c1sc(N/N=C\c2cccc([N+](=O)[O-])c2)nc1C. The van der Waals surface area contributed by atoms with Gasteiger partial charge in [0.15, 0.2) is 0 Å². The average Bonchev–Trinajstić information content (AvgIpc) is 2.87. The lowest BCUT2D eigenvalue weighted by Gasteiger charge is -1.95. The Bertz CT molecular complexity index is 741. The van der Waals surface area contributed by atoms with Gasteiger partial charge in [0.2, 0.25) is 5.13 Å². The van der Waals surface area contributed by atoms with Gasteiger partial charge in [-0.2, -0.15) is 5.10 Å². The molecule has 1 aromatic carbocycles. The number of rotatable bonds is 5. The first-order valence-corrected chi connectivity index (χ1v) is 6.92. The Kier molecular flexibility index (Phi) is 4.79. The number of nitro groups is 1. The van der Waals surface area contributed by atoms with E-state index in [0.717, 1.165) is 11.3 Å². The summed E-state index contributed by atoms with van der Waals surface area (Å²) in [7, 11) is 1.30. The molecule has 0 atom stereocenters. The third-order valence-corrected chi connectivity index (χ3v) is 3.66. The molecule has 8 nitrogen and oxygen atoms in total. The van der Waals surface area contributed by atoms with Crippen LogP contribution in [-0.2, 0) is 4.74 Å². The van der Waals surface area contributed by atoms with Gasteiger partial charge in [0, 0.05) is 17.7 Å². The molecule has 114 valence electrons. The normalized spacial score (nSPS) is 10.6. The minimum Gasteiger partial charge on any atom is -0.465 e. The maximum Gasteiger partial charge on any atom is 0.350 e. The van der Waals surface area contributed by atoms with Gasteiger partial charge in [-0.05, 0) is 6.92 Å². The molecule has 0 aliphatic carbocycles. The molecule has 2 rings (SSSR count). The van der Waals surface area contributed by atoms with Crippen LogP contribution < -0.4 is 5.43 Å². The van der Waals surface area contributed by atoms with E-state index in [4.69, 9.17) is 0 Å². The smallest absolute Gasteiger partial charge is 0.350 e. The van der Waals surface area contributed by atoms with Crippen LogP contribution in [-0.4, -0.2) is 29.2 Å². The van der Waals surface area contributed by atoms with Crippen LogP contribution in [0.2, 0.25) is 0 Å². The van der Waals surface area contributed by atoms with Crippen molar-refractivity contribution in [3.05, 3.63) is 50.5 Å². The fourth-order valence-corrected chi connectivity index (χ4v) is 2.44. The van der Waals surface area contributed by atoms with Gasteiger partial charge in [0.05, 0.1) is 23.9 Å². The lowest BCUT2D eigenvalue weighted by molar-refractivity contribution is -0.384. The molecule has 0 aliphatic heterocycles. The van der Waals surface area contributed by atoms with Crippen molar-refractivity contribution in [2.45, 2.75) is 6.92 Å². The van der Waals surface area contributed by atoms with Crippen molar-refractivity contribution < 1.29 is 14.5 Å². The van der Waals surface area contributed by atoms with Crippen LogP contribution in [0.15, 0.2) is 29.4 Å². The predicted molar refractivity (Wildman–Crippen MR) is 82.5 cm³/mol. The van der Waals surface area contributed by atoms with E-state index in [0.29, 0.717) is 21.3 Å². The fraction of sp³-hybridized carbons (Fsp3) is 0.154. The summed E-state index contributed by atoms with van der Waals surface area (Å²) in [6.45, 7) is 1.69. The topological polar surface area (TPSA) is 107 Å². The highest BCUT2D eigenvalue weighted by Crippen LogP contribution is 2.23. The van der Waals surface area contributed by atoms with E-state index in [1.807, 2.05) is 0 Å². The van der Waals surface area contributed by atoms with Gasteiger partial charge >= 0.3 is 5.97 Å². The van der Waals surface area contributed by atoms with E-state index in [-0.39, 0.29) is 5.69 Å². The van der Waals surface area contributed by atoms with E-state index < -0.39 is 10.9 Å². The van der Waals surface area contributed by atoms with Gasteiger partial charge in [0.1, 0.15) is 4.88 Å². The third-order valence-electron chi connectivity index (χ3n) is 2.62. The van der Waals surface area contributed by atoms with Crippen molar-refractivity contribution in [2.24, 2.45) is 5.10 Å². The van der Waals surface area contributed by atoms with Crippen LogP contribution in [0.5, 0.6) is 0 Å². The molecule has 1 aromatic heterocycles. The molecule has 22 heavy (non-hydrogen) atoms. The Morgan fingerprint density at radius 3 is 3.00 bits per heavy atom. The minimum atomic E-state index is -0.475. The number of anilines is 1. The molecule has 9 heteroatoms. The van der Waals surface area contributed by atoms with Crippen molar-refractivity contribution in [1.82, 2.24) is 4.98 Å². The number of nitrogens with one attached hydrogen (secondary N) is 1. The number of ether oxygens (including phenoxy) is 1. The lowest BCUT2D eigenvalue weighted by atomic mass is 10.2. The molecule has 0 amide bonds. The number of methoxy groups -OCH3 is 1. The van der Waals surface area contributed by atoms with E-state index in [1.165, 1.54) is 25.5 Å². The Balaban J connectivity index is 2.08. The number of esters is 1. The Morgan fingerprint density at radius 1 is 1.55 bits per heavy atom. The van der Waals surface area contributed by atoms with Crippen LogP contribution in [0.25, 0.3) is 0 Å². The number of hydrogen-bond acceptors (Lipinski definition) is 8. The molecule has 0 spiro atoms. The van der Waals surface area contributed by atoms with Crippen molar-refractivity contribution in [2.75, 3.05) is 12.5 Å². The second kappa shape index (κ2) is 6.76. The summed E-state index contributed by atoms with van der Waals surface area (Å²) in [6, 6.07) is 6.06. The number of nitrogens with zero attached hydrogens (tertiary/aromatic N) is 3. The van der Waals surface area contributed by atoms with Crippen LogP contribution in [0.1, 0.15) is 20.9 Å². The molecule has 1 heterocycles. The van der Waals surface area contributed by atoms with Gasteiger partial charge in [-0.3, -0.25) is 15.5 Å². The van der Waals surface area contributed by atoms with Crippen LogP contribution >= 0.6 is 11.3 Å².